The molecule has 0 radical (unpaired) electrons. The normalized spacial score (nSPS) is 33.9. The van der Waals surface area contributed by atoms with E-state index in [0.717, 1.165) is 11.1 Å². The third-order valence-corrected chi connectivity index (χ3v) is 9.02. The SMILES string of the molecule is COC(OC)[C@@H]1OC(C)(C)O[C@H]1[C@H](O[C@@H]1O[C@H](COCc2ccccc2)[C@@H]2OC(C)(C)O[C@@H]2[C@H]1OCc1ccccc1)[C@H]1COC(C)(C)O1. The number of hydrogen-bond acceptors (Lipinski definition) is 12. The molecule has 4 aliphatic rings. The van der Waals surface area contributed by atoms with Gasteiger partial charge in [-0.2, -0.15) is 0 Å². The maximum atomic E-state index is 7.03. The molecule has 12 nitrogen and oxygen atoms in total. The van der Waals surface area contributed by atoms with Crippen LogP contribution in [0.3, 0.4) is 0 Å². The van der Waals surface area contributed by atoms with E-state index < -0.39 is 78.8 Å². The van der Waals surface area contributed by atoms with E-state index in [0.29, 0.717) is 13.2 Å². The summed E-state index contributed by atoms with van der Waals surface area (Å²) in [5.41, 5.74) is 2.04. The van der Waals surface area contributed by atoms with Crippen LogP contribution in [-0.4, -0.2) is 106 Å². The molecule has 0 aromatic heterocycles. The predicted octanol–water partition coefficient (Wildman–Crippen LogP) is 4.71. The van der Waals surface area contributed by atoms with Crippen molar-refractivity contribution in [3.63, 3.8) is 0 Å². The number of rotatable bonds is 14. The maximum Gasteiger partial charge on any atom is 0.187 e. The third-order valence-electron chi connectivity index (χ3n) is 9.02. The minimum atomic E-state index is -0.969. The van der Waals surface area contributed by atoms with Crippen LogP contribution in [-0.2, 0) is 70.1 Å². The summed E-state index contributed by atoms with van der Waals surface area (Å²) in [4.78, 5) is 0. The molecule has 0 saturated carbocycles. The monoisotopic (exact) mass is 688 g/mol. The number of ether oxygens (including phenoxy) is 12. The van der Waals surface area contributed by atoms with Crippen LogP contribution in [0.5, 0.6) is 0 Å². The Kier molecular flexibility index (Phi) is 11.5. The first-order valence-electron chi connectivity index (χ1n) is 17.0. The van der Waals surface area contributed by atoms with Gasteiger partial charge in [0.1, 0.15) is 48.8 Å². The van der Waals surface area contributed by atoms with E-state index >= 15 is 0 Å². The standard InChI is InChI=1S/C37H52O12/c1-35(2)42-22-26(45-35)27(29-32(33(38-7)39-8)49-37(5,6)47-29)44-34-31(41-20-24-17-13-10-14-18-24)30-28(46-36(3,4)48-30)25(43-34)21-40-19-23-15-11-9-12-16-23/h9-18,25-34H,19-22H2,1-8H3/t25-,26-,27-,28+,29+,30+,31-,32-,34+/m1/s1. The van der Waals surface area contributed by atoms with Crippen molar-refractivity contribution in [1.29, 1.82) is 0 Å². The van der Waals surface area contributed by atoms with Gasteiger partial charge in [-0.15, -0.1) is 0 Å². The van der Waals surface area contributed by atoms with Gasteiger partial charge in [0, 0.05) is 14.2 Å². The number of fused-ring (bicyclic) bond motifs is 1. The summed E-state index contributed by atoms with van der Waals surface area (Å²) in [5.74, 6) is -2.71. The van der Waals surface area contributed by atoms with Crippen LogP contribution in [0.4, 0.5) is 0 Å². The molecule has 4 fully saturated rings. The quantitative estimate of drug-likeness (QED) is 0.257. The molecule has 2 aromatic rings. The van der Waals surface area contributed by atoms with Crippen LogP contribution in [0.15, 0.2) is 60.7 Å². The second-order valence-electron chi connectivity index (χ2n) is 14.2. The van der Waals surface area contributed by atoms with Crippen LogP contribution < -0.4 is 0 Å². The van der Waals surface area contributed by atoms with E-state index in [1.54, 1.807) is 14.2 Å². The van der Waals surface area contributed by atoms with Crippen LogP contribution in [0.1, 0.15) is 52.7 Å². The lowest BCUT2D eigenvalue weighted by Gasteiger charge is -2.44. The molecule has 49 heavy (non-hydrogen) atoms. The average Bonchev–Trinajstić information content (AvgIpc) is 3.71. The predicted molar refractivity (Wildman–Crippen MR) is 175 cm³/mol. The molecule has 272 valence electrons. The summed E-state index contributed by atoms with van der Waals surface area (Å²) < 4.78 is 76.4. The zero-order chi connectivity index (χ0) is 34.8. The summed E-state index contributed by atoms with van der Waals surface area (Å²) in [7, 11) is 3.12. The summed E-state index contributed by atoms with van der Waals surface area (Å²) >= 11 is 0. The maximum absolute atomic E-state index is 7.03. The van der Waals surface area contributed by atoms with E-state index in [4.69, 9.17) is 56.8 Å². The highest BCUT2D eigenvalue weighted by Gasteiger charge is 2.59. The smallest absolute Gasteiger partial charge is 0.187 e. The van der Waals surface area contributed by atoms with Gasteiger partial charge in [0.05, 0.1) is 26.4 Å². The molecule has 4 saturated heterocycles. The molecule has 4 aliphatic heterocycles. The van der Waals surface area contributed by atoms with Gasteiger partial charge in [0.15, 0.2) is 29.9 Å². The van der Waals surface area contributed by atoms with Gasteiger partial charge >= 0.3 is 0 Å². The first-order chi connectivity index (χ1) is 23.4. The van der Waals surface area contributed by atoms with Crippen LogP contribution in [0.25, 0.3) is 0 Å². The van der Waals surface area contributed by atoms with Gasteiger partial charge in [-0.05, 0) is 52.7 Å². The molecule has 12 heteroatoms. The Morgan fingerprint density at radius 3 is 1.90 bits per heavy atom. The summed E-state index contributed by atoms with van der Waals surface area (Å²) in [5, 5.41) is 0. The Hall–Kier alpha value is -2.04. The van der Waals surface area contributed by atoms with E-state index in [9.17, 15) is 0 Å². The Morgan fingerprint density at radius 1 is 0.694 bits per heavy atom. The zero-order valence-corrected chi connectivity index (χ0v) is 29.8. The fraction of sp³-hybridized carbons (Fsp3) is 0.676. The molecule has 4 heterocycles. The van der Waals surface area contributed by atoms with Crippen molar-refractivity contribution in [2.24, 2.45) is 0 Å². The van der Waals surface area contributed by atoms with Gasteiger partial charge in [0.25, 0.3) is 0 Å². The molecule has 6 rings (SSSR count). The Morgan fingerprint density at radius 2 is 1.29 bits per heavy atom. The van der Waals surface area contributed by atoms with Crippen LogP contribution in [0, 0.1) is 0 Å². The van der Waals surface area contributed by atoms with Crippen molar-refractivity contribution in [2.75, 3.05) is 27.4 Å². The second-order valence-corrected chi connectivity index (χ2v) is 14.2. The summed E-state index contributed by atoms with van der Waals surface area (Å²) in [6.45, 7) is 12.4. The summed E-state index contributed by atoms with van der Waals surface area (Å²) in [6, 6.07) is 19.9. The van der Waals surface area contributed by atoms with Gasteiger partial charge in [-0.25, -0.2) is 0 Å². The van der Waals surface area contributed by atoms with Crippen molar-refractivity contribution < 1.29 is 56.8 Å². The van der Waals surface area contributed by atoms with Gasteiger partial charge in [0.2, 0.25) is 0 Å². The minimum Gasteiger partial charge on any atom is -0.374 e. The van der Waals surface area contributed by atoms with E-state index in [2.05, 4.69) is 0 Å². The van der Waals surface area contributed by atoms with E-state index in [-0.39, 0.29) is 13.2 Å². The zero-order valence-electron chi connectivity index (χ0n) is 29.8. The Bertz CT molecular complexity index is 1320. The van der Waals surface area contributed by atoms with E-state index in [1.807, 2.05) is 102 Å². The van der Waals surface area contributed by atoms with Crippen molar-refractivity contribution in [3.8, 4) is 0 Å². The van der Waals surface area contributed by atoms with Crippen molar-refractivity contribution in [2.45, 2.75) is 134 Å². The average molecular weight is 689 g/mol. The number of benzene rings is 2. The molecule has 2 aromatic carbocycles. The fourth-order valence-electron chi connectivity index (χ4n) is 6.95. The topological polar surface area (TPSA) is 111 Å². The largest absolute Gasteiger partial charge is 0.374 e. The van der Waals surface area contributed by atoms with Crippen molar-refractivity contribution in [1.82, 2.24) is 0 Å². The molecule has 9 atom stereocenters. The molecule has 0 unspecified atom stereocenters. The highest BCUT2D eigenvalue weighted by atomic mass is 16.8. The fourth-order valence-corrected chi connectivity index (χ4v) is 6.95. The summed E-state index contributed by atoms with van der Waals surface area (Å²) in [6.07, 6.45) is -6.69. The molecular weight excluding hydrogens is 636 g/mol. The first kappa shape index (κ1) is 36.7. The highest BCUT2D eigenvalue weighted by Crippen LogP contribution is 2.43. The highest BCUT2D eigenvalue weighted by molar-refractivity contribution is 5.14. The molecule has 0 N–H and O–H groups in total. The van der Waals surface area contributed by atoms with Gasteiger partial charge in [-0.3, -0.25) is 0 Å². The Labute approximate surface area is 289 Å². The van der Waals surface area contributed by atoms with Crippen LogP contribution in [0.2, 0.25) is 0 Å². The molecule has 0 bridgehead atoms. The van der Waals surface area contributed by atoms with Gasteiger partial charge < -0.3 is 56.8 Å². The van der Waals surface area contributed by atoms with Crippen LogP contribution >= 0.6 is 0 Å². The first-order valence-corrected chi connectivity index (χ1v) is 17.0. The molecule has 0 amide bonds. The second kappa shape index (κ2) is 15.3. The van der Waals surface area contributed by atoms with E-state index in [1.165, 1.54) is 0 Å². The minimum absolute atomic E-state index is 0.232. The molecule has 0 aliphatic carbocycles. The molecule has 0 spiro atoms. The van der Waals surface area contributed by atoms with Gasteiger partial charge in [-0.1, -0.05) is 60.7 Å². The van der Waals surface area contributed by atoms with Crippen molar-refractivity contribution in [3.05, 3.63) is 71.8 Å². The third kappa shape index (κ3) is 8.89. The lowest BCUT2D eigenvalue weighted by molar-refractivity contribution is -0.325. The molecular formula is C37H52O12. The lowest BCUT2D eigenvalue weighted by Crippen LogP contribution is -2.61. The lowest BCUT2D eigenvalue weighted by atomic mass is 9.98. The number of methoxy groups -OCH3 is 2. The Balaban J connectivity index is 1.32. The number of hydrogen-bond donors (Lipinski definition) is 0. The van der Waals surface area contributed by atoms with Crippen molar-refractivity contribution >= 4 is 0 Å².